The number of hydrogen-bond donors (Lipinski definition) is 0. The van der Waals surface area contributed by atoms with E-state index in [1.54, 1.807) is 0 Å². The Morgan fingerprint density at radius 1 is 1.55 bits per heavy atom. The molecule has 0 saturated carbocycles. The summed E-state index contributed by atoms with van der Waals surface area (Å²) in [5, 5.41) is 10.8. The lowest BCUT2D eigenvalue weighted by Gasteiger charge is -2.15. The van der Waals surface area contributed by atoms with Crippen molar-refractivity contribution in [1.29, 1.82) is 0 Å². The first-order chi connectivity index (χ1) is 9.43. The Morgan fingerprint density at radius 2 is 2.25 bits per heavy atom. The van der Waals surface area contributed by atoms with Crippen LogP contribution in [0.5, 0.6) is 0 Å². The fourth-order valence-electron chi connectivity index (χ4n) is 2.19. The van der Waals surface area contributed by atoms with Crippen molar-refractivity contribution in [3.05, 3.63) is 38.9 Å². The minimum Gasteiger partial charge on any atom is -0.278 e. The third-order valence-electron chi connectivity index (χ3n) is 3.42. The fourth-order valence-corrected chi connectivity index (χ4v) is 2.39. The number of imide groups is 1. The van der Waals surface area contributed by atoms with Crippen molar-refractivity contribution in [2.75, 3.05) is 6.54 Å². The van der Waals surface area contributed by atoms with Gasteiger partial charge in [-0.15, -0.1) is 0 Å². The maximum absolute atomic E-state index is 12.3. The number of rotatable bonds is 3. The normalized spacial score (nSPS) is 18.4. The molecule has 0 aromatic heterocycles. The second-order valence-corrected chi connectivity index (χ2v) is 5.12. The molecule has 1 saturated heterocycles. The first-order valence-corrected chi connectivity index (χ1v) is 6.60. The zero-order valence-corrected chi connectivity index (χ0v) is 11.6. The number of nitro groups is 1. The third kappa shape index (κ3) is 2.65. The maximum Gasteiger partial charge on any atom is 0.270 e. The van der Waals surface area contributed by atoms with Gasteiger partial charge in [-0.05, 0) is 12.0 Å². The van der Waals surface area contributed by atoms with Crippen molar-refractivity contribution in [3.8, 4) is 0 Å². The summed E-state index contributed by atoms with van der Waals surface area (Å²) in [6.45, 7) is 2.29. The summed E-state index contributed by atoms with van der Waals surface area (Å²) in [6.07, 6.45) is 1.13. The largest absolute Gasteiger partial charge is 0.278 e. The summed E-state index contributed by atoms with van der Waals surface area (Å²) in [6, 6.07) is 3.63. The van der Waals surface area contributed by atoms with Gasteiger partial charge in [0.05, 0.1) is 15.5 Å². The van der Waals surface area contributed by atoms with Crippen LogP contribution in [-0.4, -0.2) is 28.2 Å². The number of non-ortho nitro benzene ring substituents is 1. The second kappa shape index (κ2) is 5.58. The number of carbonyl (C=O) groups is 2. The van der Waals surface area contributed by atoms with Crippen molar-refractivity contribution in [2.24, 2.45) is 5.92 Å². The summed E-state index contributed by atoms with van der Waals surface area (Å²) in [4.78, 5) is 35.4. The average Bonchev–Trinajstić information content (AvgIpc) is 2.79. The Kier molecular flexibility index (Phi) is 4.04. The summed E-state index contributed by atoms with van der Waals surface area (Å²) in [5.41, 5.74) is -0.234. The Balaban J connectivity index is 2.32. The zero-order chi connectivity index (χ0) is 14.9. The molecule has 1 aliphatic heterocycles. The third-order valence-corrected chi connectivity index (χ3v) is 3.75. The smallest absolute Gasteiger partial charge is 0.270 e. The van der Waals surface area contributed by atoms with Crippen LogP contribution < -0.4 is 0 Å². The summed E-state index contributed by atoms with van der Waals surface area (Å²) in [7, 11) is 0. The summed E-state index contributed by atoms with van der Waals surface area (Å²) < 4.78 is 0. The number of amides is 2. The summed E-state index contributed by atoms with van der Waals surface area (Å²) >= 11 is 5.91. The Bertz CT molecular complexity index is 588. The Morgan fingerprint density at radius 3 is 2.80 bits per heavy atom. The lowest BCUT2D eigenvalue weighted by atomic mass is 10.1. The highest BCUT2D eigenvalue weighted by Crippen LogP contribution is 2.27. The SMILES string of the molecule is CCC1CC(=O)N(C(=O)c2cc([N+](=O)[O-])ccc2Cl)C1. The molecule has 0 aliphatic carbocycles. The van der Waals surface area contributed by atoms with E-state index in [9.17, 15) is 19.7 Å². The average molecular weight is 297 g/mol. The van der Waals surface area contributed by atoms with Gasteiger partial charge >= 0.3 is 0 Å². The van der Waals surface area contributed by atoms with E-state index >= 15 is 0 Å². The van der Waals surface area contributed by atoms with Crippen molar-refractivity contribution in [3.63, 3.8) is 0 Å². The van der Waals surface area contributed by atoms with Crippen LogP contribution >= 0.6 is 11.6 Å². The second-order valence-electron chi connectivity index (χ2n) is 4.71. The fraction of sp³-hybridized carbons (Fsp3) is 0.385. The molecular weight excluding hydrogens is 284 g/mol. The Labute approximate surface area is 120 Å². The van der Waals surface area contributed by atoms with Crippen LogP contribution in [0.1, 0.15) is 30.1 Å². The van der Waals surface area contributed by atoms with Crippen molar-refractivity contribution < 1.29 is 14.5 Å². The molecule has 2 rings (SSSR count). The van der Waals surface area contributed by atoms with Crippen molar-refractivity contribution >= 4 is 29.1 Å². The monoisotopic (exact) mass is 296 g/mol. The molecule has 1 atom stereocenters. The van der Waals surface area contributed by atoms with E-state index in [4.69, 9.17) is 11.6 Å². The topological polar surface area (TPSA) is 80.5 Å². The van der Waals surface area contributed by atoms with Gasteiger partial charge in [-0.3, -0.25) is 24.6 Å². The number of halogens is 1. The highest BCUT2D eigenvalue weighted by atomic mass is 35.5. The van der Waals surface area contributed by atoms with Crippen LogP contribution in [0, 0.1) is 16.0 Å². The number of benzene rings is 1. The minimum absolute atomic E-state index is 0.00836. The molecule has 1 aliphatic rings. The molecule has 1 unspecified atom stereocenters. The molecule has 106 valence electrons. The van der Waals surface area contributed by atoms with Crippen LogP contribution in [0.15, 0.2) is 18.2 Å². The van der Waals surface area contributed by atoms with E-state index < -0.39 is 10.8 Å². The predicted molar refractivity (Wildman–Crippen MR) is 72.5 cm³/mol. The molecule has 20 heavy (non-hydrogen) atoms. The van der Waals surface area contributed by atoms with Crippen molar-refractivity contribution in [2.45, 2.75) is 19.8 Å². The first-order valence-electron chi connectivity index (χ1n) is 6.22. The van der Waals surface area contributed by atoms with E-state index in [1.165, 1.54) is 12.1 Å². The molecule has 0 spiro atoms. The maximum atomic E-state index is 12.3. The first kappa shape index (κ1) is 14.5. The minimum atomic E-state index is -0.603. The van der Waals surface area contributed by atoms with Gasteiger partial charge in [-0.2, -0.15) is 0 Å². The molecule has 2 amide bonds. The standard InChI is InChI=1S/C13H13ClN2O4/c1-2-8-5-12(17)15(7-8)13(18)10-6-9(16(19)20)3-4-11(10)14/h3-4,6,8H,2,5,7H2,1H3. The molecule has 1 fully saturated rings. The highest BCUT2D eigenvalue weighted by Gasteiger charge is 2.34. The van der Waals surface area contributed by atoms with Gasteiger partial charge in [-0.1, -0.05) is 24.9 Å². The molecule has 0 N–H and O–H groups in total. The lowest BCUT2D eigenvalue weighted by molar-refractivity contribution is -0.384. The number of hydrogen-bond acceptors (Lipinski definition) is 4. The van der Waals surface area contributed by atoms with Gasteiger partial charge in [-0.25, -0.2) is 0 Å². The zero-order valence-electron chi connectivity index (χ0n) is 10.8. The number of carbonyl (C=O) groups excluding carboxylic acids is 2. The lowest BCUT2D eigenvalue weighted by Crippen LogP contribution is -2.32. The number of nitro benzene ring substituents is 1. The van der Waals surface area contributed by atoms with Gasteiger partial charge in [0.2, 0.25) is 5.91 Å². The van der Waals surface area contributed by atoms with E-state index in [1.807, 2.05) is 6.92 Å². The van der Waals surface area contributed by atoms with Crippen LogP contribution in [0.3, 0.4) is 0 Å². The molecule has 0 radical (unpaired) electrons. The number of nitrogens with zero attached hydrogens (tertiary/aromatic N) is 2. The van der Waals surface area contributed by atoms with Gasteiger partial charge in [0.15, 0.2) is 0 Å². The quantitative estimate of drug-likeness (QED) is 0.488. The van der Waals surface area contributed by atoms with E-state index in [0.717, 1.165) is 17.4 Å². The number of likely N-dealkylation sites (tertiary alicyclic amines) is 1. The molecule has 6 nitrogen and oxygen atoms in total. The van der Waals surface area contributed by atoms with Gasteiger partial charge < -0.3 is 0 Å². The Hall–Kier alpha value is -1.95. The van der Waals surface area contributed by atoms with Gasteiger partial charge in [0, 0.05) is 25.1 Å². The van der Waals surface area contributed by atoms with E-state index in [-0.39, 0.29) is 28.1 Å². The molecule has 7 heteroatoms. The molecular formula is C13H13ClN2O4. The van der Waals surface area contributed by atoms with Crippen LogP contribution in [0.4, 0.5) is 5.69 Å². The van der Waals surface area contributed by atoms with Gasteiger partial charge in [0.1, 0.15) is 0 Å². The highest BCUT2D eigenvalue weighted by molar-refractivity contribution is 6.34. The van der Waals surface area contributed by atoms with E-state index in [0.29, 0.717) is 13.0 Å². The predicted octanol–water partition coefficient (Wildman–Crippen LogP) is 2.65. The molecule has 1 heterocycles. The summed E-state index contributed by atoms with van der Waals surface area (Å²) in [5.74, 6) is -0.687. The van der Waals surface area contributed by atoms with Crippen LogP contribution in [0.25, 0.3) is 0 Å². The van der Waals surface area contributed by atoms with E-state index in [2.05, 4.69) is 0 Å². The molecule has 0 bridgehead atoms. The van der Waals surface area contributed by atoms with Crippen molar-refractivity contribution in [1.82, 2.24) is 4.90 Å². The van der Waals surface area contributed by atoms with Crippen LogP contribution in [-0.2, 0) is 4.79 Å². The molecule has 1 aromatic carbocycles. The van der Waals surface area contributed by atoms with Crippen LogP contribution in [0.2, 0.25) is 5.02 Å². The molecule has 1 aromatic rings. The van der Waals surface area contributed by atoms with Gasteiger partial charge in [0.25, 0.3) is 11.6 Å².